The molecule has 1 fully saturated rings. The van der Waals surface area contributed by atoms with Crippen molar-refractivity contribution in [2.45, 2.75) is 33.2 Å². The number of benzene rings is 2. The number of rotatable bonds is 11. The highest BCUT2D eigenvalue weighted by atomic mass is 35.5. The molecule has 0 radical (unpaired) electrons. The highest BCUT2D eigenvalue weighted by Crippen LogP contribution is 2.42. The molecule has 0 aliphatic carbocycles. The van der Waals surface area contributed by atoms with E-state index in [0.717, 1.165) is 19.5 Å². The van der Waals surface area contributed by atoms with E-state index in [1.807, 2.05) is 13.0 Å². The van der Waals surface area contributed by atoms with E-state index in [0.29, 0.717) is 47.3 Å². The van der Waals surface area contributed by atoms with Crippen LogP contribution in [0.25, 0.3) is 5.76 Å². The standard InChI is InChI=1S/C27H33ClN2O5/c1-5-16-35-21-13-10-19(17-22(21)34-4)24-23(25(31)18-8-11-20(28)12-9-18)26(32)27(33)30(24)15-14-29(6-2)7-3/h8-13,17,24,31H,5-7,14-16H2,1-4H3/b25-23+/t24-/m1/s1. The summed E-state index contributed by atoms with van der Waals surface area (Å²) in [6, 6.07) is 11.1. The lowest BCUT2D eigenvalue weighted by atomic mass is 9.95. The van der Waals surface area contributed by atoms with Gasteiger partial charge in [-0.3, -0.25) is 9.59 Å². The van der Waals surface area contributed by atoms with Gasteiger partial charge in [-0.25, -0.2) is 0 Å². The summed E-state index contributed by atoms with van der Waals surface area (Å²) in [4.78, 5) is 30.1. The van der Waals surface area contributed by atoms with Gasteiger partial charge in [-0.2, -0.15) is 0 Å². The summed E-state index contributed by atoms with van der Waals surface area (Å²) in [5, 5.41) is 11.7. The molecule has 1 atom stereocenters. The van der Waals surface area contributed by atoms with Crippen LogP contribution in [0.5, 0.6) is 11.5 Å². The molecule has 8 heteroatoms. The topological polar surface area (TPSA) is 79.3 Å². The molecule has 0 saturated carbocycles. The molecule has 2 aromatic carbocycles. The number of halogens is 1. The lowest BCUT2D eigenvalue weighted by Crippen LogP contribution is -2.38. The van der Waals surface area contributed by atoms with E-state index in [1.165, 1.54) is 4.90 Å². The van der Waals surface area contributed by atoms with Crippen LogP contribution in [0.15, 0.2) is 48.0 Å². The summed E-state index contributed by atoms with van der Waals surface area (Å²) in [5.74, 6) is -0.511. The van der Waals surface area contributed by atoms with Gasteiger partial charge in [0.15, 0.2) is 11.5 Å². The lowest BCUT2D eigenvalue weighted by Gasteiger charge is -2.28. The first-order valence-corrected chi connectivity index (χ1v) is 12.3. The van der Waals surface area contributed by atoms with Gasteiger partial charge in [0.05, 0.1) is 25.3 Å². The quantitative estimate of drug-likeness (QED) is 0.268. The number of Topliss-reactive ketones (excluding diaryl/α,β-unsaturated/α-hetero) is 1. The number of likely N-dealkylation sites (N-methyl/N-ethyl adjacent to an activating group) is 1. The van der Waals surface area contributed by atoms with Gasteiger partial charge < -0.3 is 24.4 Å². The molecule has 1 saturated heterocycles. The summed E-state index contributed by atoms with van der Waals surface area (Å²) in [7, 11) is 1.54. The van der Waals surface area contributed by atoms with E-state index < -0.39 is 17.7 Å². The third-order valence-corrected chi connectivity index (χ3v) is 6.43. The molecule has 3 rings (SSSR count). The van der Waals surface area contributed by atoms with Crippen molar-refractivity contribution >= 4 is 29.1 Å². The average molecular weight is 501 g/mol. The van der Waals surface area contributed by atoms with E-state index in [1.54, 1.807) is 43.5 Å². The maximum atomic E-state index is 13.2. The van der Waals surface area contributed by atoms with Crippen molar-refractivity contribution in [3.63, 3.8) is 0 Å². The number of ether oxygens (including phenoxy) is 2. The summed E-state index contributed by atoms with van der Waals surface area (Å²) in [6.07, 6.45) is 0.845. The number of ketones is 1. The summed E-state index contributed by atoms with van der Waals surface area (Å²) >= 11 is 6.00. The van der Waals surface area contributed by atoms with Crippen LogP contribution >= 0.6 is 11.6 Å². The highest BCUT2D eigenvalue weighted by molar-refractivity contribution is 6.46. The SMILES string of the molecule is CCCOc1ccc([C@@H]2/C(=C(\O)c3ccc(Cl)cc3)C(=O)C(=O)N2CCN(CC)CC)cc1OC. The van der Waals surface area contributed by atoms with Crippen LogP contribution in [0.1, 0.15) is 44.4 Å². The van der Waals surface area contributed by atoms with Gasteiger partial charge in [0.1, 0.15) is 5.76 Å². The molecule has 1 amide bonds. The summed E-state index contributed by atoms with van der Waals surface area (Å²) in [6.45, 7) is 9.25. The Bertz CT molecular complexity index is 1080. The minimum Gasteiger partial charge on any atom is -0.507 e. The second kappa shape index (κ2) is 12.1. The number of hydrogen-bond donors (Lipinski definition) is 1. The molecular formula is C27H33ClN2O5. The minimum atomic E-state index is -0.768. The highest BCUT2D eigenvalue weighted by Gasteiger charge is 2.46. The minimum absolute atomic E-state index is 0.0427. The first kappa shape index (κ1) is 26.6. The zero-order valence-electron chi connectivity index (χ0n) is 20.7. The zero-order valence-corrected chi connectivity index (χ0v) is 21.5. The van der Waals surface area contributed by atoms with E-state index in [-0.39, 0.29) is 11.3 Å². The molecule has 1 aliphatic rings. The van der Waals surface area contributed by atoms with Crippen molar-refractivity contribution in [2.75, 3.05) is 39.9 Å². The van der Waals surface area contributed by atoms with E-state index in [2.05, 4.69) is 18.7 Å². The van der Waals surface area contributed by atoms with Crippen molar-refractivity contribution in [1.29, 1.82) is 0 Å². The molecule has 7 nitrogen and oxygen atoms in total. The zero-order chi connectivity index (χ0) is 25.5. The van der Waals surface area contributed by atoms with Gasteiger partial charge in [0.25, 0.3) is 11.7 Å². The van der Waals surface area contributed by atoms with Crippen LogP contribution in [0, 0.1) is 0 Å². The number of amides is 1. The molecule has 0 aromatic heterocycles. The maximum absolute atomic E-state index is 13.2. The largest absolute Gasteiger partial charge is 0.507 e. The van der Waals surface area contributed by atoms with Gasteiger partial charge in [-0.05, 0) is 61.5 Å². The molecule has 1 N–H and O–H groups in total. The maximum Gasteiger partial charge on any atom is 0.295 e. The Morgan fingerprint density at radius 1 is 1.06 bits per heavy atom. The Hall–Kier alpha value is -3.03. The Kier molecular flexibility index (Phi) is 9.18. The molecule has 0 spiro atoms. The second-order valence-electron chi connectivity index (χ2n) is 8.29. The van der Waals surface area contributed by atoms with Gasteiger partial charge >= 0.3 is 0 Å². The third-order valence-electron chi connectivity index (χ3n) is 6.17. The molecule has 188 valence electrons. The monoisotopic (exact) mass is 500 g/mol. The van der Waals surface area contributed by atoms with Crippen molar-refractivity contribution < 1.29 is 24.2 Å². The predicted molar refractivity (Wildman–Crippen MR) is 137 cm³/mol. The molecule has 1 aliphatic heterocycles. The van der Waals surface area contributed by atoms with E-state index in [4.69, 9.17) is 21.1 Å². The molecule has 0 unspecified atom stereocenters. The van der Waals surface area contributed by atoms with Gasteiger partial charge in [-0.1, -0.05) is 38.4 Å². The number of aliphatic hydroxyl groups is 1. The third kappa shape index (κ3) is 5.80. The molecule has 2 aromatic rings. The first-order chi connectivity index (χ1) is 16.9. The van der Waals surface area contributed by atoms with Crippen molar-refractivity contribution in [3.8, 4) is 11.5 Å². The Morgan fingerprint density at radius 3 is 2.34 bits per heavy atom. The number of aliphatic hydroxyl groups excluding tert-OH is 1. The van der Waals surface area contributed by atoms with Crippen LogP contribution in [0.4, 0.5) is 0 Å². The first-order valence-electron chi connectivity index (χ1n) is 11.9. The number of likely N-dealkylation sites (tertiary alicyclic amines) is 1. The fourth-order valence-electron chi connectivity index (χ4n) is 4.19. The summed E-state index contributed by atoms with van der Waals surface area (Å²) in [5.41, 5.74) is 1.11. The number of nitrogens with zero attached hydrogens (tertiary/aromatic N) is 2. The van der Waals surface area contributed by atoms with Crippen LogP contribution in [0.3, 0.4) is 0 Å². The predicted octanol–water partition coefficient (Wildman–Crippen LogP) is 4.90. The van der Waals surface area contributed by atoms with Crippen molar-refractivity contribution in [1.82, 2.24) is 9.80 Å². The van der Waals surface area contributed by atoms with Crippen LogP contribution < -0.4 is 9.47 Å². The average Bonchev–Trinajstić information content (AvgIpc) is 3.13. The second-order valence-corrected chi connectivity index (χ2v) is 8.72. The van der Waals surface area contributed by atoms with Crippen molar-refractivity contribution in [2.24, 2.45) is 0 Å². The number of hydrogen-bond acceptors (Lipinski definition) is 6. The van der Waals surface area contributed by atoms with Crippen molar-refractivity contribution in [3.05, 3.63) is 64.2 Å². The van der Waals surface area contributed by atoms with Gasteiger partial charge in [0, 0.05) is 23.7 Å². The Morgan fingerprint density at radius 2 is 1.74 bits per heavy atom. The molecule has 35 heavy (non-hydrogen) atoms. The van der Waals surface area contributed by atoms with Crippen LogP contribution in [-0.2, 0) is 9.59 Å². The van der Waals surface area contributed by atoms with E-state index >= 15 is 0 Å². The Balaban J connectivity index is 2.12. The van der Waals surface area contributed by atoms with Gasteiger partial charge in [0.2, 0.25) is 0 Å². The van der Waals surface area contributed by atoms with E-state index in [9.17, 15) is 14.7 Å². The van der Waals surface area contributed by atoms with Gasteiger partial charge in [-0.15, -0.1) is 0 Å². The Labute approximate surface area is 211 Å². The molecule has 0 bridgehead atoms. The summed E-state index contributed by atoms with van der Waals surface area (Å²) < 4.78 is 11.3. The van der Waals surface area contributed by atoms with Crippen LogP contribution in [0.2, 0.25) is 5.02 Å². The lowest BCUT2D eigenvalue weighted by molar-refractivity contribution is -0.140. The number of carbonyl (C=O) groups is 2. The number of methoxy groups -OCH3 is 1. The molecule has 1 heterocycles. The number of carbonyl (C=O) groups excluding carboxylic acids is 2. The fourth-order valence-corrected chi connectivity index (χ4v) is 4.32. The molecular weight excluding hydrogens is 468 g/mol. The normalized spacial score (nSPS) is 17.3. The van der Waals surface area contributed by atoms with Crippen LogP contribution in [-0.4, -0.2) is 66.5 Å². The smallest absolute Gasteiger partial charge is 0.295 e. The fraction of sp³-hybridized carbons (Fsp3) is 0.407.